The minimum absolute atomic E-state index is 0.0570. The number of aromatic nitrogens is 4. The van der Waals surface area contributed by atoms with Gasteiger partial charge in [-0.3, -0.25) is 9.78 Å². The van der Waals surface area contributed by atoms with Gasteiger partial charge in [0.1, 0.15) is 11.7 Å². The van der Waals surface area contributed by atoms with Gasteiger partial charge in [0, 0.05) is 38.3 Å². The number of ether oxygens (including phenoxy) is 2. The van der Waals surface area contributed by atoms with Gasteiger partial charge in [0.2, 0.25) is 11.8 Å². The van der Waals surface area contributed by atoms with Crippen molar-refractivity contribution in [1.29, 1.82) is 0 Å². The van der Waals surface area contributed by atoms with Crippen LogP contribution in [0, 0.1) is 0 Å². The molecule has 0 N–H and O–H groups in total. The van der Waals surface area contributed by atoms with E-state index in [1.165, 1.54) is 0 Å². The molecule has 4 heterocycles. The molecule has 0 aromatic carbocycles. The van der Waals surface area contributed by atoms with Crippen LogP contribution in [0.15, 0.2) is 24.8 Å². The van der Waals surface area contributed by atoms with E-state index in [1.807, 2.05) is 0 Å². The summed E-state index contributed by atoms with van der Waals surface area (Å²) >= 11 is 0. The lowest BCUT2D eigenvalue weighted by Gasteiger charge is -2.19. The van der Waals surface area contributed by atoms with E-state index < -0.39 is 0 Å². The largest absolute Gasteiger partial charge is 0.477 e. The van der Waals surface area contributed by atoms with E-state index in [0.717, 1.165) is 19.4 Å². The Morgan fingerprint density at radius 3 is 3.13 bits per heavy atom. The first kappa shape index (κ1) is 14.0. The molecule has 0 aliphatic carbocycles. The van der Waals surface area contributed by atoms with Crippen LogP contribution in [-0.2, 0) is 6.54 Å². The van der Waals surface area contributed by atoms with E-state index in [4.69, 9.17) is 9.47 Å². The number of hydrogen-bond acceptors (Lipinski definition) is 6. The third-order valence-electron chi connectivity index (χ3n) is 4.03. The Kier molecular flexibility index (Phi) is 3.57. The summed E-state index contributed by atoms with van der Waals surface area (Å²) in [5.74, 6) is 1.01. The maximum absolute atomic E-state index is 12.7. The molecule has 1 fully saturated rings. The first-order valence-corrected chi connectivity index (χ1v) is 7.72. The molecule has 0 radical (unpaired) electrons. The smallest absolute Gasteiger partial charge is 0.261 e. The molecule has 2 aliphatic heterocycles. The fourth-order valence-electron chi connectivity index (χ4n) is 2.91. The van der Waals surface area contributed by atoms with E-state index in [0.29, 0.717) is 37.0 Å². The number of likely N-dealkylation sites (tertiary alicyclic amines) is 1. The molecule has 1 saturated heterocycles. The molecule has 2 aromatic rings. The quantitative estimate of drug-likeness (QED) is 0.831. The second-order valence-corrected chi connectivity index (χ2v) is 5.61. The molecule has 8 nitrogen and oxygen atoms in total. The van der Waals surface area contributed by atoms with Crippen molar-refractivity contribution in [2.24, 2.45) is 0 Å². The normalized spacial score (nSPS) is 20.0. The molecular formula is C15H17N5O3. The minimum Gasteiger partial charge on any atom is -0.477 e. The van der Waals surface area contributed by atoms with Crippen LogP contribution in [0.1, 0.15) is 23.2 Å². The summed E-state index contributed by atoms with van der Waals surface area (Å²) in [5, 5.41) is 4.23. The van der Waals surface area contributed by atoms with Gasteiger partial charge in [-0.15, -0.1) is 0 Å². The fourth-order valence-corrected chi connectivity index (χ4v) is 2.91. The van der Waals surface area contributed by atoms with E-state index in [-0.39, 0.29) is 12.0 Å². The summed E-state index contributed by atoms with van der Waals surface area (Å²) < 4.78 is 13.1. The number of carbonyl (C=O) groups is 1. The SMILES string of the molecule is O=C(c1cnn2c1OCCC2)N1CC[C@@H](Oc2cnccn2)C1. The van der Waals surface area contributed by atoms with Gasteiger partial charge in [0.15, 0.2) is 0 Å². The molecule has 2 aliphatic rings. The molecule has 4 rings (SSSR count). The van der Waals surface area contributed by atoms with Gasteiger partial charge in [-0.05, 0) is 0 Å². The summed E-state index contributed by atoms with van der Waals surface area (Å²) in [6.45, 7) is 2.60. The average Bonchev–Trinajstić information content (AvgIpc) is 3.22. The van der Waals surface area contributed by atoms with E-state index in [2.05, 4.69) is 15.1 Å². The summed E-state index contributed by atoms with van der Waals surface area (Å²) in [6, 6.07) is 0. The van der Waals surface area contributed by atoms with E-state index in [1.54, 1.807) is 34.4 Å². The third kappa shape index (κ3) is 2.71. The van der Waals surface area contributed by atoms with Gasteiger partial charge < -0.3 is 14.4 Å². The van der Waals surface area contributed by atoms with Crippen molar-refractivity contribution in [3.05, 3.63) is 30.4 Å². The van der Waals surface area contributed by atoms with Crippen LogP contribution >= 0.6 is 0 Å². The first-order chi connectivity index (χ1) is 11.3. The Labute approximate surface area is 133 Å². The lowest BCUT2D eigenvalue weighted by atomic mass is 10.3. The molecule has 0 unspecified atom stereocenters. The molecule has 0 saturated carbocycles. The summed E-state index contributed by atoms with van der Waals surface area (Å²) in [6.07, 6.45) is 7.98. The second kappa shape index (κ2) is 5.86. The number of rotatable bonds is 3. The average molecular weight is 315 g/mol. The van der Waals surface area contributed by atoms with Crippen LogP contribution in [0.2, 0.25) is 0 Å². The van der Waals surface area contributed by atoms with Crippen LogP contribution in [-0.4, -0.2) is 56.4 Å². The van der Waals surface area contributed by atoms with Crippen molar-refractivity contribution in [3.8, 4) is 11.8 Å². The van der Waals surface area contributed by atoms with Gasteiger partial charge in [0.05, 0.1) is 25.5 Å². The summed E-state index contributed by atoms with van der Waals surface area (Å²) in [4.78, 5) is 22.5. The number of amides is 1. The van der Waals surface area contributed by atoms with E-state index in [9.17, 15) is 4.79 Å². The molecule has 0 spiro atoms. The standard InChI is InChI=1S/C15H17N5O3/c21-14(12-8-18-20-5-1-7-22-15(12)20)19-6-2-11(10-19)23-13-9-16-3-4-17-13/h3-4,8-9,11H,1-2,5-7,10H2/t11-/m1/s1. The fraction of sp³-hybridized carbons (Fsp3) is 0.467. The predicted octanol–water partition coefficient (Wildman–Crippen LogP) is 0.749. The summed E-state index contributed by atoms with van der Waals surface area (Å²) in [7, 11) is 0. The van der Waals surface area contributed by atoms with Gasteiger partial charge >= 0.3 is 0 Å². The highest BCUT2D eigenvalue weighted by atomic mass is 16.5. The molecule has 0 bridgehead atoms. The zero-order valence-corrected chi connectivity index (χ0v) is 12.6. The Balaban J connectivity index is 1.43. The topological polar surface area (TPSA) is 82.4 Å². The van der Waals surface area contributed by atoms with Crippen LogP contribution in [0.4, 0.5) is 0 Å². The molecule has 1 atom stereocenters. The number of aryl methyl sites for hydroxylation is 1. The summed E-state index contributed by atoms with van der Waals surface area (Å²) in [5.41, 5.74) is 0.532. The van der Waals surface area contributed by atoms with Crippen molar-refractivity contribution in [2.45, 2.75) is 25.5 Å². The van der Waals surface area contributed by atoms with Gasteiger partial charge in [-0.2, -0.15) is 5.10 Å². The molecule has 2 aromatic heterocycles. The number of hydrogen-bond donors (Lipinski definition) is 0. The highest BCUT2D eigenvalue weighted by molar-refractivity contribution is 5.96. The van der Waals surface area contributed by atoms with Gasteiger partial charge in [-0.1, -0.05) is 0 Å². The number of fused-ring (bicyclic) bond motifs is 1. The van der Waals surface area contributed by atoms with Crippen LogP contribution < -0.4 is 9.47 Å². The van der Waals surface area contributed by atoms with Crippen molar-refractivity contribution < 1.29 is 14.3 Å². The highest BCUT2D eigenvalue weighted by Gasteiger charge is 2.32. The highest BCUT2D eigenvalue weighted by Crippen LogP contribution is 2.25. The minimum atomic E-state index is -0.0667. The first-order valence-electron chi connectivity index (χ1n) is 7.72. The lowest BCUT2D eigenvalue weighted by Crippen LogP contribution is -2.31. The van der Waals surface area contributed by atoms with Crippen molar-refractivity contribution >= 4 is 5.91 Å². The molecule has 120 valence electrons. The van der Waals surface area contributed by atoms with Crippen molar-refractivity contribution in [1.82, 2.24) is 24.6 Å². The van der Waals surface area contributed by atoms with Crippen LogP contribution in [0.25, 0.3) is 0 Å². The second-order valence-electron chi connectivity index (χ2n) is 5.61. The lowest BCUT2D eigenvalue weighted by molar-refractivity contribution is 0.0764. The predicted molar refractivity (Wildman–Crippen MR) is 79.3 cm³/mol. The molecule has 23 heavy (non-hydrogen) atoms. The van der Waals surface area contributed by atoms with Crippen LogP contribution in [0.5, 0.6) is 11.8 Å². The van der Waals surface area contributed by atoms with Gasteiger partial charge in [-0.25, -0.2) is 9.67 Å². The van der Waals surface area contributed by atoms with Crippen molar-refractivity contribution in [2.75, 3.05) is 19.7 Å². The monoisotopic (exact) mass is 315 g/mol. The zero-order valence-electron chi connectivity index (χ0n) is 12.6. The Hall–Kier alpha value is -2.64. The number of carbonyl (C=O) groups excluding carboxylic acids is 1. The van der Waals surface area contributed by atoms with Crippen molar-refractivity contribution in [3.63, 3.8) is 0 Å². The Morgan fingerprint density at radius 2 is 2.26 bits per heavy atom. The molecule has 8 heteroatoms. The maximum Gasteiger partial charge on any atom is 0.261 e. The van der Waals surface area contributed by atoms with Crippen LogP contribution in [0.3, 0.4) is 0 Å². The Bertz CT molecular complexity index is 702. The third-order valence-corrected chi connectivity index (χ3v) is 4.03. The van der Waals surface area contributed by atoms with E-state index >= 15 is 0 Å². The zero-order chi connectivity index (χ0) is 15.6. The molecular weight excluding hydrogens is 298 g/mol. The number of nitrogens with zero attached hydrogens (tertiary/aromatic N) is 5. The van der Waals surface area contributed by atoms with Gasteiger partial charge in [0.25, 0.3) is 5.91 Å². The Morgan fingerprint density at radius 1 is 1.30 bits per heavy atom. The molecule has 1 amide bonds. The maximum atomic E-state index is 12.7.